The molecule has 2 amide bonds. The first kappa shape index (κ1) is 21.1. The second-order valence-corrected chi connectivity index (χ2v) is 6.35. The van der Waals surface area contributed by atoms with E-state index in [0.717, 1.165) is 18.2 Å². The first-order chi connectivity index (χ1) is 14.1. The number of rotatable bonds is 6. The molecule has 30 heavy (non-hydrogen) atoms. The molecule has 8 nitrogen and oxygen atoms in total. The van der Waals surface area contributed by atoms with Crippen LogP contribution in [0, 0.1) is 0 Å². The van der Waals surface area contributed by atoms with Gasteiger partial charge in [-0.15, -0.1) is 0 Å². The molecular formula is C18H13ClF3N5O3. The molecule has 0 saturated heterocycles. The van der Waals surface area contributed by atoms with Gasteiger partial charge < -0.3 is 15.8 Å². The van der Waals surface area contributed by atoms with Crippen molar-refractivity contribution in [1.82, 2.24) is 14.8 Å². The normalized spacial score (nSPS) is 11.2. The minimum atomic E-state index is -4.61. The van der Waals surface area contributed by atoms with Gasteiger partial charge >= 0.3 is 6.18 Å². The fourth-order valence-electron chi connectivity index (χ4n) is 2.50. The maximum absolute atomic E-state index is 13.1. The van der Waals surface area contributed by atoms with Crippen molar-refractivity contribution in [3.8, 4) is 11.4 Å². The average Bonchev–Trinajstić information content (AvgIpc) is 3.20. The molecule has 12 heteroatoms. The number of hydrogen-bond acceptors (Lipinski definition) is 5. The Morgan fingerprint density at radius 2 is 1.97 bits per heavy atom. The summed E-state index contributed by atoms with van der Waals surface area (Å²) < 4.78 is 45.7. The first-order valence-corrected chi connectivity index (χ1v) is 8.61. The lowest BCUT2D eigenvalue weighted by molar-refractivity contribution is -0.137. The van der Waals surface area contributed by atoms with Crippen LogP contribution < -0.4 is 15.8 Å². The molecule has 0 aliphatic rings. The highest BCUT2D eigenvalue weighted by Gasteiger charge is 2.31. The number of alkyl halides is 3. The van der Waals surface area contributed by atoms with E-state index in [0.29, 0.717) is 0 Å². The molecule has 0 bridgehead atoms. The Kier molecular flexibility index (Phi) is 5.92. The van der Waals surface area contributed by atoms with Gasteiger partial charge in [-0.3, -0.25) is 9.59 Å². The molecule has 156 valence electrons. The van der Waals surface area contributed by atoms with Crippen LogP contribution in [0.3, 0.4) is 0 Å². The van der Waals surface area contributed by atoms with Gasteiger partial charge in [-0.2, -0.15) is 18.3 Å². The summed E-state index contributed by atoms with van der Waals surface area (Å²) in [6, 6.07) is 6.82. The third-order valence-electron chi connectivity index (χ3n) is 3.83. The monoisotopic (exact) mass is 439 g/mol. The molecule has 0 radical (unpaired) electrons. The van der Waals surface area contributed by atoms with Crippen molar-refractivity contribution in [2.45, 2.75) is 6.18 Å². The summed E-state index contributed by atoms with van der Waals surface area (Å²) in [7, 11) is 0. The third-order valence-corrected chi connectivity index (χ3v) is 4.06. The number of benzene rings is 2. The zero-order valence-corrected chi connectivity index (χ0v) is 15.7. The number of carbonyl (C=O) groups is 2. The summed E-state index contributed by atoms with van der Waals surface area (Å²) >= 11 is 5.80. The smallest absolute Gasteiger partial charge is 0.416 e. The summed E-state index contributed by atoms with van der Waals surface area (Å²) in [4.78, 5) is 27.5. The van der Waals surface area contributed by atoms with Gasteiger partial charge in [0.2, 0.25) is 0 Å². The van der Waals surface area contributed by atoms with Gasteiger partial charge in [-0.1, -0.05) is 11.6 Å². The van der Waals surface area contributed by atoms with Crippen LogP contribution in [0.25, 0.3) is 5.69 Å². The summed E-state index contributed by atoms with van der Waals surface area (Å²) in [5, 5.41) is 6.44. The lowest BCUT2D eigenvalue weighted by atomic mass is 10.1. The second-order valence-electron chi connectivity index (χ2n) is 5.91. The Hall–Kier alpha value is -3.60. The van der Waals surface area contributed by atoms with Crippen LogP contribution in [0.1, 0.15) is 15.9 Å². The molecule has 3 N–H and O–H groups in total. The van der Waals surface area contributed by atoms with Crippen LogP contribution in [-0.4, -0.2) is 33.2 Å². The molecule has 1 aromatic heterocycles. The maximum Gasteiger partial charge on any atom is 0.416 e. The van der Waals surface area contributed by atoms with Crippen molar-refractivity contribution < 1.29 is 27.5 Å². The number of anilines is 1. The van der Waals surface area contributed by atoms with Crippen LogP contribution in [-0.2, 0) is 11.0 Å². The molecular weight excluding hydrogens is 427 g/mol. The van der Waals surface area contributed by atoms with E-state index in [9.17, 15) is 22.8 Å². The van der Waals surface area contributed by atoms with Crippen molar-refractivity contribution in [3.05, 3.63) is 65.2 Å². The van der Waals surface area contributed by atoms with Gasteiger partial charge in [-0.05, 0) is 36.4 Å². The third kappa shape index (κ3) is 4.87. The number of primary amides is 1. The van der Waals surface area contributed by atoms with E-state index in [1.807, 2.05) is 0 Å². The van der Waals surface area contributed by atoms with Crippen molar-refractivity contribution in [2.24, 2.45) is 5.73 Å². The van der Waals surface area contributed by atoms with Crippen LogP contribution in [0.5, 0.6) is 5.75 Å². The van der Waals surface area contributed by atoms with Gasteiger partial charge in [0.15, 0.2) is 6.61 Å². The fourth-order valence-corrected chi connectivity index (χ4v) is 2.67. The van der Waals surface area contributed by atoms with E-state index in [-0.39, 0.29) is 27.7 Å². The number of halogens is 4. The Morgan fingerprint density at radius 3 is 2.60 bits per heavy atom. The predicted octanol–water partition coefficient (Wildman–Crippen LogP) is 3.06. The number of aromatic nitrogens is 3. The number of nitrogens with zero attached hydrogens (tertiary/aromatic N) is 3. The minimum Gasteiger partial charge on any atom is -0.483 e. The van der Waals surface area contributed by atoms with Gasteiger partial charge in [-0.25, -0.2) is 9.67 Å². The van der Waals surface area contributed by atoms with E-state index in [1.54, 1.807) is 0 Å². The van der Waals surface area contributed by atoms with Crippen molar-refractivity contribution >= 4 is 29.1 Å². The Morgan fingerprint density at radius 1 is 1.20 bits per heavy atom. The van der Waals surface area contributed by atoms with Gasteiger partial charge in [0.05, 0.1) is 22.5 Å². The van der Waals surface area contributed by atoms with Crippen LogP contribution in [0.4, 0.5) is 18.9 Å². The molecule has 1 heterocycles. The molecule has 0 unspecified atom stereocenters. The molecule has 3 rings (SSSR count). The summed E-state index contributed by atoms with van der Waals surface area (Å²) in [6.07, 6.45) is -2.16. The summed E-state index contributed by atoms with van der Waals surface area (Å²) in [6.45, 7) is -0.602. The molecule has 0 aliphatic carbocycles. The number of ether oxygens (including phenoxy) is 1. The topological polar surface area (TPSA) is 112 Å². The molecule has 0 atom stereocenters. The Bertz CT molecular complexity index is 1090. The predicted molar refractivity (Wildman–Crippen MR) is 100 cm³/mol. The first-order valence-electron chi connectivity index (χ1n) is 8.23. The number of nitrogens with one attached hydrogen (secondary N) is 1. The highest BCUT2D eigenvalue weighted by molar-refractivity contribution is 6.31. The lowest BCUT2D eigenvalue weighted by Crippen LogP contribution is -2.23. The van der Waals surface area contributed by atoms with Crippen LogP contribution in [0.15, 0.2) is 49.1 Å². The second kappa shape index (κ2) is 8.41. The van der Waals surface area contributed by atoms with Crippen molar-refractivity contribution in [3.63, 3.8) is 0 Å². The van der Waals surface area contributed by atoms with Gasteiger partial charge in [0.25, 0.3) is 11.8 Å². The summed E-state index contributed by atoms with van der Waals surface area (Å²) in [5.41, 5.74) is 4.25. The molecule has 0 spiro atoms. The molecule has 2 aromatic carbocycles. The van der Waals surface area contributed by atoms with Crippen LogP contribution >= 0.6 is 11.6 Å². The molecule has 3 aromatic rings. The number of nitrogens with two attached hydrogens (primary N) is 1. The highest BCUT2D eigenvalue weighted by Crippen LogP contribution is 2.33. The molecule has 0 aliphatic heterocycles. The minimum absolute atomic E-state index is 0.00240. The molecule has 0 saturated carbocycles. The number of carbonyl (C=O) groups excluding carboxylic acids is 2. The van der Waals surface area contributed by atoms with Crippen molar-refractivity contribution in [1.29, 1.82) is 0 Å². The lowest BCUT2D eigenvalue weighted by Gasteiger charge is -2.15. The average molecular weight is 440 g/mol. The maximum atomic E-state index is 13.1. The Balaban J connectivity index is 1.82. The van der Waals surface area contributed by atoms with E-state index in [2.05, 4.69) is 15.4 Å². The van der Waals surface area contributed by atoms with Gasteiger partial charge in [0.1, 0.15) is 18.4 Å². The number of hydrogen-bond donors (Lipinski definition) is 2. The zero-order valence-electron chi connectivity index (χ0n) is 15.0. The zero-order chi connectivity index (χ0) is 21.9. The largest absolute Gasteiger partial charge is 0.483 e. The number of amides is 2. The Labute approximate surface area is 172 Å². The highest BCUT2D eigenvalue weighted by atomic mass is 35.5. The SMILES string of the molecule is NC(=O)c1cc(Cl)ccc1OCC(=O)Nc1cc(C(F)(F)F)ccc1-n1cncn1. The van der Waals surface area contributed by atoms with Crippen LogP contribution in [0.2, 0.25) is 5.02 Å². The summed E-state index contributed by atoms with van der Waals surface area (Å²) in [5.74, 6) is -1.59. The van der Waals surface area contributed by atoms with Gasteiger partial charge in [0, 0.05) is 5.02 Å². The van der Waals surface area contributed by atoms with E-state index in [1.165, 1.54) is 35.5 Å². The van der Waals surface area contributed by atoms with E-state index in [4.69, 9.17) is 22.1 Å². The van der Waals surface area contributed by atoms with E-state index < -0.39 is 30.2 Å². The quantitative estimate of drug-likeness (QED) is 0.613. The fraction of sp³-hybridized carbons (Fsp3) is 0.111. The standard InChI is InChI=1S/C18H13ClF3N5O3/c19-11-2-4-15(12(6-11)17(23)29)30-7-16(28)26-13-5-10(18(20,21)22)1-3-14(13)27-9-24-8-25-27/h1-6,8-9H,7H2,(H2,23,29)(H,26,28). The van der Waals surface area contributed by atoms with Crippen molar-refractivity contribution in [2.75, 3.05) is 11.9 Å². The van der Waals surface area contributed by atoms with E-state index >= 15 is 0 Å². The molecule has 0 fully saturated rings.